The third kappa shape index (κ3) is 3.89. The number of aliphatic hydroxyl groups is 1. The molecule has 0 unspecified atom stereocenters. The molecule has 1 atom stereocenters. The number of carboxylic acids is 1. The highest BCUT2D eigenvalue weighted by Gasteiger charge is 2.25. The highest BCUT2D eigenvalue weighted by molar-refractivity contribution is 5.82. The maximum absolute atomic E-state index is 11.7. The first-order valence-electron chi connectivity index (χ1n) is 5.97. The average Bonchev–Trinajstić information content (AvgIpc) is 2.35. The number of aliphatic hydroxyl groups excluding tert-OH is 1. The Morgan fingerprint density at radius 1 is 1.41 bits per heavy atom. The Bertz CT molecular complexity index is 275. The lowest BCUT2D eigenvalue weighted by Crippen LogP contribution is -2.51. The molecule has 0 saturated carbocycles. The predicted octanol–water partition coefficient (Wildman–Crippen LogP) is 0.263. The number of hydrogen-bond acceptors (Lipinski definition) is 3. The van der Waals surface area contributed by atoms with Crippen molar-refractivity contribution in [2.75, 3.05) is 19.7 Å². The van der Waals surface area contributed by atoms with E-state index in [2.05, 4.69) is 12.2 Å². The Morgan fingerprint density at radius 3 is 2.41 bits per heavy atom. The molecule has 1 fully saturated rings. The van der Waals surface area contributed by atoms with Gasteiger partial charge in [-0.25, -0.2) is 9.59 Å². The molecule has 0 radical (unpaired) electrons. The van der Waals surface area contributed by atoms with Gasteiger partial charge in [0.05, 0.1) is 6.61 Å². The number of nitrogens with one attached hydrogen (secondary N) is 1. The van der Waals surface area contributed by atoms with E-state index in [0.717, 1.165) is 19.3 Å². The van der Waals surface area contributed by atoms with E-state index in [4.69, 9.17) is 10.2 Å². The fraction of sp³-hybridized carbons (Fsp3) is 0.818. The zero-order chi connectivity index (χ0) is 12.8. The zero-order valence-corrected chi connectivity index (χ0v) is 10.1. The summed E-state index contributed by atoms with van der Waals surface area (Å²) in [7, 11) is 0. The second-order valence-corrected chi connectivity index (χ2v) is 4.36. The minimum atomic E-state index is -1.22. The quantitative estimate of drug-likeness (QED) is 0.662. The van der Waals surface area contributed by atoms with E-state index in [1.807, 2.05) is 0 Å². The van der Waals surface area contributed by atoms with Crippen LogP contribution in [-0.4, -0.2) is 52.9 Å². The summed E-state index contributed by atoms with van der Waals surface area (Å²) >= 11 is 0. The monoisotopic (exact) mass is 244 g/mol. The van der Waals surface area contributed by atoms with Crippen molar-refractivity contribution in [2.45, 2.75) is 32.2 Å². The molecule has 17 heavy (non-hydrogen) atoms. The third-order valence-electron chi connectivity index (χ3n) is 3.26. The molecule has 0 bridgehead atoms. The third-order valence-corrected chi connectivity index (χ3v) is 3.26. The largest absolute Gasteiger partial charge is 0.480 e. The van der Waals surface area contributed by atoms with E-state index in [9.17, 15) is 9.59 Å². The van der Waals surface area contributed by atoms with Crippen LogP contribution in [0.3, 0.4) is 0 Å². The first-order valence-corrected chi connectivity index (χ1v) is 5.97. The van der Waals surface area contributed by atoms with Gasteiger partial charge in [-0.1, -0.05) is 13.3 Å². The Balaban J connectivity index is 2.41. The molecule has 3 N–H and O–H groups in total. The number of nitrogens with zero attached hydrogens (tertiary/aromatic N) is 1. The van der Waals surface area contributed by atoms with E-state index < -0.39 is 24.6 Å². The Hall–Kier alpha value is -1.30. The summed E-state index contributed by atoms with van der Waals surface area (Å²) in [5.41, 5.74) is 0. The van der Waals surface area contributed by atoms with E-state index in [1.165, 1.54) is 0 Å². The number of amides is 2. The molecule has 1 rings (SSSR count). The number of likely N-dealkylation sites (tertiary alicyclic amines) is 1. The van der Waals surface area contributed by atoms with Crippen LogP contribution in [0, 0.1) is 5.92 Å². The standard InChI is InChI=1S/C11H20N2O4/c1-2-8-3-5-13(6-4-8)11(17)12-9(7-14)10(15)16/h8-9,14H,2-7H2,1H3,(H,12,17)(H,15,16)/t9-/m0/s1. The van der Waals surface area contributed by atoms with E-state index in [0.29, 0.717) is 19.0 Å². The van der Waals surface area contributed by atoms with Crippen LogP contribution in [-0.2, 0) is 4.79 Å². The Labute approximate surface area is 101 Å². The van der Waals surface area contributed by atoms with E-state index in [-0.39, 0.29) is 0 Å². The van der Waals surface area contributed by atoms with Crippen molar-refractivity contribution in [3.05, 3.63) is 0 Å². The Morgan fingerprint density at radius 2 is 2.00 bits per heavy atom. The number of carbonyl (C=O) groups excluding carboxylic acids is 1. The van der Waals surface area contributed by atoms with Crippen molar-refractivity contribution in [1.29, 1.82) is 0 Å². The van der Waals surface area contributed by atoms with Crippen molar-refractivity contribution in [3.8, 4) is 0 Å². The molecule has 6 heteroatoms. The molecule has 98 valence electrons. The average molecular weight is 244 g/mol. The van der Waals surface area contributed by atoms with Crippen molar-refractivity contribution < 1.29 is 19.8 Å². The van der Waals surface area contributed by atoms with Crippen LogP contribution in [0.15, 0.2) is 0 Å². The van der Waals surface area contributed by atoms with Gasteiger partial charge in [-0.3, -0.25) is 0 Å². The number of piperidine rings is 1. The Kier molecular flexibility index (Phi) is 5.21. The summed E-state index contributed by atoms with van der Waals surface area (Å²) in [5.74, 6) is -0.559. The van der Waals surface area contributed by atoms with Crippen LogP contribution in [0.25, 0.3) is 0 Å². The second kappa shape index (κ2) is 6.44. The molecule has 1 aliphatic rings. The van der Waals surface area contributed by atoms with Gasteiger partial charge in [-0.15, -0.1) is 0 Å². The van der Waals surface area contributed by atoms with Gasteiger partial charge in [0.15, 0.2) is 6.04 Å². The molecule has 1 saturated heterocycles. The number of aliphatic carboxylic acids is 1. The van der Waals surface area contributed by atoms with Crippen LogP contribution < -0.4 is 5.32 Å². The van der Waals surface area contributed by atoms with Gasteiger partial charge < -0.3 is 20.4 Å². The number of hydrogen-bond donors (Lipinski definition) is 3. The number of rotatable bonds is 4. The van der Waals surface area contributed by atoms with Crippen LogP contribution in [0.2, 0.25) is 0 Å². The molecular formula is C11H20N2O4. The lowest BCUT2D eigenvalue weighted by atomic mass is 9.95. The highest BCUT2D eigenvalue weighted by Crippen LogP contribution is 2.19. The molecule has 0 aromatic carbocycles. The van der Waals surface area contributed by atoms with Crippen molar-refractivity contribution >= 4 is 12.0 Å². The zero-order valence-electron chi connectivity index (χ0n) is 10.1. The van der Waals surface area contributed by atoms with Gasteiger partial charge in [-0.2, -0.15) is 0 Å². The lowest BCUT2D eigenvalue weighted by Gasteiger charge is -2.32. The molecule has 0 aromatic heterocycles. The second-order valence-electron chi connectivity index (χ2n) is 4.36. The summed E-state index contributed by atoms with van der Waals surface area (Å²) in [4.78, 5) is 24.0. The summed E-state index contributed by atoms with van der Waals surface area (Å²) in [5, 5.41) is 19.8. The normalized spacial score (nSPS) is 18.8. The van der Waals surface area contributed by atoms with Gasteiger partial charge >= 0.3 is 12.0 Å². The van der Waals surface area contributed by atoms with Crippen molar-refractivity contribution in [1.82, 2.24) is 10.2 Å². The highest BCUT2D eigenvalue weighted by atomic mass is 16.4. The fourth-order valence-electron chi connectivity index (χ4n) is 1.97. The molecule has 0 aliphatic carbocycles. The lowest BCUT2D eigenvalue weighted by molar-refractivity contribution is -0.140. The fourth-order valence-corrected chi connectivity index (χ4v) is 1.97. The predicted molar refractivity (Wildman–Crippen MR) is 61.6 cm³/mol. The molecule has 1 heterocycles. The topological polar surface area (TPSA) is 89.9 Å². The van der Waals surface area contributed by atoms with Gasteiger partial charge in [0.1, 0.15) is 0 Å². The first kappa shape index (κ1) is 13.8. The van der Waals surface area contributed by atoms with Crippen LogP contribution in [0.5, 0.6) is 0 Å². The molecule has 6 nitrogen and oxygen atoms in total. The van der Waals surface area contributed by atoms with Crippen LogP contribution in [0.1, 0.15) is 26.2 Å². The van der Waals surface area contributed by atoms with Gasteiger partial charge in [0.25, 0.3) is 0 Å². The smallest absolute Gasteiger partial charge is 0.328 e. The van der Waals surface area contributed by atoms with Crippen LogP contribution in [0.4, 0.5) is 4.79 Å². The maximum Gasteiger partial charge on any atom is 0.328 e. The molecule has 1 aliphatic heterocycles. The van der Waals surface area contributed by atoms with Gasteiger partial charge in [-0.05, 0) is 18.8 Å². The summed E-state index contributed by atoms with van der Waals surface area (Å²) in [6, 6.07) is -1.62. The minimum Gasteiger partial charge on any atom is -0.480 e. The SMILES string of the molecule is CCC1CCN(C(=O)N[C@@H](CO)C(=O)O)CC1. The van der Waals surface area contributed by atoms with Crippen LogP contribution >= 0.6 is 0 Å². The molecule has 2 amide bonds. The number of carbonyl (C=O) groups is 2. The van der Waals surface area contributed by atoms with Crippen molar-refractivity contribution in [3.63, 3.8) is 0 Å². The molecule has 0 aromatic rings. The number of urea groups is 1. The minimum absolute atomic E-state index is 0.402. The summed E-state index contributed by atoms with van der Waals surface area (Å²) in [6.45, 7) is 2.85. The summed E-state index contributed by atoms with van der Waals surface area (Å²) in [6.07, 6.45) is 3.03. The maximum atomic E-state index is 11.7. The van der Waals surface area contributed by atoms with Crippen molar-refractivity contribution in [2.24, 2.45) is 5.92 Å². The number of carboxylic acid groups (broad SMARTS) is 1. The van der Waals surface area contributed by atoms with E-state index >= 15 is 0 Å². The molecule has 0 spiro atoms. The van der Waals surface area contributed by atoms with Gasteiger partial charge in [0, 0.05) is 13.1 Å². The first-order chi connectivity index (χ1) is 8.08. The summed E-state index contributed by atoms with van der Waals surface area (Å²) < 4.78 is 0. The molecular weight excluding hydrogens is 224 g/mol. The van der Waals surface area contributed by atoms with Gasteiger partial charge in [0.2, 0.25) is 0 Å². The van der Waals surface area contributed by atoms with E-state index in [1.54, 1.807) is 4.90 Å².